The Hall–Kier alpha value is -2.69. The molecule has 2 rings (SSSR count). The Labute approximate surface area is 161 Å². The van der Waals surface area contributed by atoms with E-state index in [-0.39, 0.29) is 11.9 Å². The number of rotatable bonds is 8. The van der Waals surface area contributed by atoms with Crippen LogP contribution >= 0.6 is 0 Å². The molecular formula is C22H29NO4. The zero-order valence-corrected chi connectivity index (χ0v) is 17.0. The molecule has 0 heterocycles. The molecule has 0 aliphatic carbocycles. The Morgan fingerprint density at radius 2 is 1.63 bits per heavy atom. The molecule has 0 aliphatic rings. The molecule has 0 spiro atoms. The molecule has 0 aliphatic heterocycles. The Kier molecular flexibility index (Phi) is 7.11. The second kappa shape index (κ2) is 9.31. The summed E-state index contributed by atoms with van der Waals surface area (Å²) < 4.78 is 16.5. The van der Waals surface area contributed by atoms with Crippen LogP contribution in [0.2, 0.25) is 0 Å². The van der Waals surface area contributed by atoms with Gasteiger partial charge >= 0.3 is 0 Å². The second-order valence-electron chi connectivity index (χ2n) is 6.67. The molecule has 1 N–H and O–H groups in total. The Bertz CT molecular complexity index is 768. The molecule has 1 amide bonds. The SMILES string of the molecule is CC[C@H](NC(=O)[C@@H](C)Oc1cc(C)cc(C)c1)c1ccc(OC)c(OC)c1. The summed E-state index contributed by atoms with van der Waals surface area (Å²) in [5, 5.41) is 3.06. The van der Waals surface area contributed by atoms with Crippen LogP contribution in [0.5, 0.6) is 17.2 Å². The summed E-state index contributed by atoms with van der Waals surface area (Å²) in [6.07, 6.45) is 0.151. The van der Waals surface area contributed by atoms with E-state index in [1.165, 1.54) is 0 Å². The minimum absolute atomic E-state index is 0.136. The van der Waals surface area contributed by atoms with Gasteiger partial charge in [0.2, 0.25) is 0 Å². The third-order valence-corrected chi connectivity index (χ3v) is 4.41. The van der Waals surface area contributed by atoms with Crippen molar-refractivity contribution in [3.8, 4) is 17.2 Å². The number of hydrogen-bond acceptors (Lipinski definition) is 4. The second-order valence-corrected chi connectivity index (χ2v) is 6.67. The molecule has 0 fully saturated rings. The van der Waals surface area contributed by atoms with Crippen LogP contribution in [0.4, 0.5) is 0 Å². The van der Waals surface area contributed by atoms with E-state index in [1.807, 2.05) is 51.1 Å². The van der Waals surface area contributed by atoms with Crippen molar-refractivity contribution >= 4 is 5.91 Å². The fourth-order valence-electron chi connectivity index (χ4n) is 3.04. The van der Waals surface area contributed by atoms with Crippen LogP contribution in [-0.4, -0.2) is 26.2 Å². The van der Waals surface area contributed by atoms with Crippen molar-refractivity contribution in [3.05, 3.63) is 53.1 Å². The molecule has 2 aromatic rings. The lowest BCUT2D eigenvalue weighted by Crippen LogP contribution is -2.38. The van der Waals surface area contributed by atoms with Gasteiger partial charge in [-0.05, 0) is 68.1 Å². The molecule has 0 saturated heterocycles. The third-order valence-electron chi connectivity index (χ3n) is 4.41. The van der Waals surface area contributed by atoms with Gasteiger partial charge in [-0.25, -0.2) is 0 Å². The summed E-state index contributed by atoms with van der Waals surface area (Å²) in [6, 6.07) is 11.5. The van der Waals surface area contributed by atoms with Gasteiger partial charge in [0, 0.05) is 0 Å². The summed E-state index contributed by atoms with van der Waals surface area (Å²) in [6.45, 7) is 7.80. The predicted octanol–water partition coefficient (Wildman–Crippen LogP) is 4.36. The maximum absolute atomic E-state index is 12.6. The topological polar surface area (TPSA) is 56.8 Å². The van der Waals surface area contributed by atoms with Gasteiger partial charge in [0.15, 0.2) is 17.6 Å². The molecule has 5 heteroatoms. The first-order chi connectivity index (χ1) is 12.9. The lowest BCUT2D eigenvalue weighted by Gasteiger charge is -2.22. The smallest absolute Gasteiger partial charge is 0.261 e. The van der Waals surface area contributed by atoms with Crippen LogP contribution in [0.25, 0.3) is 0 Å². The zero-order chi connectivity index (χ0) is 20.0. The molecule has 0 radical (unpaired) electrons. The molecule has 2 atom stereocenters. The minimum Gasteiger partial charge on any atom is -0.493 e. The maximum atomic E-state index is 12.6. The predicted molar refractivity (Wildman–Crippen MR) is 107 cm³/mol. The van der Waals surface area contributed by atoms with Gasteiger partial charge < -0.3 is 19.5 Å². The van der Waals surface area contributed by atoms with Gasteiger partial charge in [-0.3, -0.25) is 4.79 Å². The molecule has 5 nitrogen and oxygen atoms in total. The number of ether oxygens (including phenoxy) is 3. The zero-order valence-electron chi connectivity index (χ0n) is 17.0. The standard InChI is InChI=1S/C22H29NO4/c1-7-19(17-8-9-20(25-5)21(13-17)26-6)23-22(24)16(4)27-18-11-14(2)10-15(3)12-18/h8-13,16,19H,7H2,1-6H3,(H,23,24)/t16-,19+/m1/s1. The molecule has 27 heavy (non-hydrogen) atoms. The number of hydrogen-bond donors (Lipinski definition) is 1. The highest BCUT2D eigenvalue weighted by Crippen LogP contribution is 2.31. The fourth-order valence-corrected chi connectivity index (χ4v) is 3.04. The number of methoxy groups -OCH3 is 2. The highest BCUT2D eigenvalue weighted by molar-refractivity contribution is 5.81. The van der Waals surface area contributed by atoms with Crippen molar-refractivity contribution in [2.75, 3.05) is 14.2 Å². The van der Waals surface area contributed by atoms with E-state index in [1.54, 1.807) is 21.1 Å². The minimum atomic E-state index is -0.597. The van der Waals surface area contributed by atoms with Gasteiger partial charge in [0.05, 0.1) is 20.3 Å². The van der Waals surface area contributed by atoms with E-state index >= 15 is 0 Å². The number of carbonyl (C=O) groups excluding carboxylic acids is 1. The lowest BCUT2D eigenvalue weighted by atomic mass is 10.0. The molecule has 0 bridgehead atoms. The van der Waals surface area contributed by atoms with Crippen molar-refractivity contribution in [1.29, 1.82) is 0 Å². The maximum Gasteiger partial charge on any atom is 0.261 e. The molecule has 0 saturated carbocycles. The first-order valence-corrected chi connectivity index (χ1v) is 9.15. The average Bonchev–Trinajstić information content (AvgIpc) is 2.64. The lowest BCUT2D eigenvalue weighted by molar-refractivity contribution is -0.128. The van der Waals surface area contributed by atoms with Gasteiger partial charge in [0.1, 0.15) is 5.75 Å². The Morgan fingerprint density at radius 1 is 1.00 bits per heavy atom. The normalized spacial score (nSPS) is 12.8. The summed E-state index contributed by atoms with van der Waals surface area (Å²) in [5.74, 6) is 1.85. The van der Waals surface area contributed by atoms with Crippen LogP contribution in [0.3, 0.4) is 0 Å². The average molecular weight is 371 g/mol. The Balaban J connectivity index is 2.09. The van der Waals surface area contributed by atoms with E-state index in [0.717, 1.165) is 23.1 Å². The quantitative estimate of drug-likeness (QED) is 0.749. The van der Waals surface area contributed by atoms with Crippen molar-refractivity contribution in [2.45, 2.75) is 46.3 Å². The largest absolute Gasteiger partial charge is 0.493 e. The van der Waals surface area contributed by atoms with Crippen molar-refractivity contribution < 1.29 is 19.0 Å². The summed E-state index contributed by atoms with van der Waals surface area (Å²) in [7, 11) is 3.20. The number of benzene rings is 2. The number of amides is 1. The fraction of sp³-hybridized carbons (Fsp3) is 0.409. The highest BCUT2D eigenvalue weighted by atomic mass is 16.5. The highest BCUT2D eigenvalue weighted by Gasteiger charge is 2.20. The van der Waals surface area contributed by atoms with Gasteiger partial charge in [0.25, 0.3) is 5.91 Å². The van der Waals surface area contributed by atoms with E-state index in [9.17, 15) is 4.79 Å². The molecule has 2 aromatic carbocycles. The van der Waals surface area contributed by atoms with Gasteiger partial charge in [-0.2, -0.15) is 0 Å². The number of carbonyl (C=O) groups is 1. The third kappa shape index (κ3) is 5.39. The first kappa shape index (κ1) is 20.6. The summed E-state index contributed by atoms with van der Waals surface area (Å²) >= 11 is 0. The van der Waals surface area contributed by atoms with Crippen molar-refractivity contribution in [2.24, 2.45) is 0 Å². The number of aryl methyl sites for hydroxylation is 2. The summed E-state index contributed by atoms with van der Waals surface area (Å²) in [4.78, 5) is 12.6. The van der Waals surface area contributed by atoms with Crippen LogP contribution in [0.15, 0.2) is 36.4 Å². The molecule has 146 valence electrons. The van der Waals surface area contributed by atoms with E-state index in [2.05, 4.69) is 11.4 Å². The van der Waals surface area contributed by atoms with Crippen LogP contribution in [-0.2, 0) is 4.79 Å². The van der Waals surface area contributed by atoms with Crippen molar-refractivity contribution in [1.82, 2.24) is 5.32 Å². The molecule has 0 unspecified atom stereocenters. The van der Waals surface area contributed by atoms with Crippen molar-refractivity contribution in [3.63, 3.8) is 0 Å². The summed E-state index contributed by atoms with van der Waals surface area (Å²) in [5.41, 5.74) is 3.17. The van der Waals surface area contributed by atoms with Crippen LogP contribution in [0, 0.1) is 13.8 Å². The Morgan fingerprint density at radius 3 is 2.19 bits per heavy atom. The van der Waals surface area contributed by atoms with Crippen LogP contribution < -0.4 is 19.5 Å². The monoisotopic (exact) mass is 371 g/mol. The molecule has 0 aromatic heterocycles. The first-order valence-electron chi connectivity index (χ1n) is 9.15. The van der Waals surface area contributed by atoms with Gasteiger partial charge in [-0.1, -0.05) is 19.1 Å². The molecular weight excluding hydrogens is 342 g/mol. The number of nitrogens with one attached hydrogen (secondary N) is 1. The van der Waals surface area contributed by atoms with E-state index in [4.69, 9.17) is 14.2 Å². The van der Waals surface area contributed by atoms with Crippen LogP contribution in [0.1, 0.15) is 43.0 Å². The van der Waals surface area contributed by atoms with Gasteiger partial charge in [-0.15, -0.1) is 0 Å². The van der Waals surface area contributed by atoms with E-state index < -0.39 is 6.10 Å². The van der Waals surface area contributed by atoms with E-state index in [0.29, 0.717) is 17.2 Å².